The van der Waals surface area contributed by atoms with Crippen LogP contribution in [0.4, 0.5) is 22.0 Å². The Balaban J connectivity index is 3.41. The van der Waals surface area contributed by atoms with Gasteiger partial charge in [0.05, 0.1) is 18.4 Å². The second-order valence-electron chi connectivity index (χ2n) is 3.34. The van der Waals surface area contributed by atoms with Gasteiger partial charge in [0, 0.05) is 5.33 Å². The summed E-state index contributed by atoms with van der Waals surface area (Å²) in [4.78, 5) is 14.6. The van der Waals surface area contributed by atoms with Gasteiger partial charge in [0.1, 0.15) is 5.69 Å². The number of rotatable bonds is 4. The average Bonchev–Trinajstić information content (AvgIpc) is 2.35. The number of halogens is 6. The summed E-state index contributed by atoms with van der Waals surface area (Å²) >= 11 is 2.81. The van der Waals surface area contributed by atoms with Gasteiger partial charge in [-0.15, -0.1) is 13.2 Å². The van der Waals surface area contributed by atoms with Crippen molar-refractivity contribution in [1.29, 1.82) is 0 Å². The van der Waals surface area contributed by atoms with Crippen LogP contribution in [-0.4, -0.2) is 24.4 Å². The first kappa shape index (κ1) is 16.6. The van der Waals surface area contributed by atoms with Crippen LogP contribution in [0.3, 0.4) is 0 Å². The van der Waals surface area contributed by atoms with Crippen molar-refractivity contribution in [2.45, 2.75) is 18.1 Å². The van der Waals surface area contributed by atoms with E-state index in [1.165, 1.54) is 0 Å². The Morgan fingerprint density at radius 3 is 2.45 bits per heavy atom. The van der Waals surface area contributed by atoms with Gasteiger partial charge in [-0.3, -0.25) is 0 Å². The Hall–Kier alpha value is -1.45. The van der Waals surface area contributed by atoms with Crippen LogP contribution >= 0.6 is 15.9 Å². The normalized spacial score (nSPS) is 11.6. The van der Waals surface area contributed by atoms with Crippen molar-refractivity contribution in [2.24, 2.45) is 0 Å². The summed E-state index contributed by atoms with van der Waals surface area (Å²) in [5.41, 5.74) is -2.17. The van der Waals surface area contributed by atoms with E-state index in [9.17, 15) is 26.7 Å². The largest absolute Gasteiger partial charge is 0.573 e. The van der Waals surface area contributed by atoms with Crippen molar-refractivity contribution in [2.75, 3.05) is 7.11 Å². The molecule has 0 atom stereocenters. The van der Waals surface area contributed by atoms with Crippen molar-refractivity contribution in [3.05, 3.63) is 23.0 Å². The molecular formula is C10H7BrF5NO3. The summed E-state index contributed by atoms with van der Waals surface area (Å²) < 4.78 is 70.0. The summed E-state index contributed by atoms with van der Waals surface area (Å²) in [5.74, 6) is -2.08. The topological polar surface area (TPSA) is 48.4 Å². The van der Waals surface area contributed by atoms with Crippen molar-refractivity contribution < 1.29 is 36.2 Å². The van der Waals surface area contributed by atoms with Gasteiger partial charge in [0.2, 0.25) is 0 Å². The lowest BCUT2D eigenvalue weighted by atomic mass is 10.1. The lowest BCUT2D eigenvalue weighted by molar-refractivity contribution is -0.275. The summed E-state index contributed by atoms with van der Waals surface area (Å²) in [7, 11) is 0.903. The zero-order valence-electron chi connectivity index (χ0n) is 9.80. The molecule has 0 unspecified atom stereocenters. The molecule has 0 aliphatic carbocycles. The minimum Gasteiger partial charge on any atom is -0.465 e. The highest BCUT2D eigenvalue weighted by Crippen LogP contribution is 2.32. The van der Waals surface area contributed by atoms with E-state index in [1.807, 2.05) is 0 Å². The van der Waals surface area contributed by atoms with Crippen LogP contribution in [0.15, 0.2) is 6.07 Å². The minimum atomic E-state index is -5.04. The standard InChI is InChI=1S/C10H7BrF5NO3/c1-19-9(18)4-2-6(20-10(14,15)16)5(3-11)17-7(4)8(12)13/h2,8H,3H2,1H3. The molecule has 0 aliphatic rings. The van der Waals surface area contributed by atoms with E-state index in [-0.39, 0.29) is 5.33 Å². The van der Waals surface area contributed by atoms with Crippen LogP contribution in [0.5, 0.6) is 5.75 Å². The molecule has 20 heavy (non-hydrogen) atoms. The highest BCUT2D eigenvalue weighted by Gasteiger charge is 2.34. The first-order chi connectivity index (χ1) is 9.19. The summed E-state index contributed by atoms with van der Waals surface area (Å²) in [5, 5.41) is -0.264. The molecule has 0 saturated heterocycles. The number of nitrogens with zero attached hydrogens (tertiary/aromatic N) is 1. The molecule has 1 rings (SSSR count). The van der Waals surface area contributed by atoms with Gasteiger partial charge >= 0.3 is 12.3 Å². The first-order valence-corrected chi connectivity index (χ1v) is 6.03. The Morgan fingerprint density at radius 1 is 1.45 bits per heavy atom. The number of methoxy groups -OCH3 is 1. The number of hydrogen-bond acceptors (Lipinski definition) is 4. The summed E-state index contributed by atoms with van der Waals surface area (Å²) in [6, 6.07) is 0.532. The number of ether oxygens (including phenoxy) is 2. The van der Waals surface area contributed by atoms with Crippen LogP contribution in [-0.2, 0) is 10.1 Å². The minimum absolute atomic E-state index is 0.264. The second kappa shape index (κ2) is 6.33. The molecule has 112 valence electrons. The zero-order chi connectivity index (χ0) is 15.5. The Bertz CT molecular complexity index is 506. The fraction of sp³-hybridized carbons (Fsp3) is 0.400. The molecule has 0 bridgehead atoms. The molecule has 0 fully saturated rings. The maximum Gasteiger partial charge on any atom is 0.573 e. The number of carbonyl (C=O) groups is 1. The molecule has 0 aliphatic heterocycles. The van der Waals surface area contributed by atoms with Crippen molar-refractivity contribution in [3.8, 4) is 5.75 Å². The number of alkyl halides is 6. The summed E-state index contributed by atoms with van der Waals surface area (Å²) in [6.45, 7) is 0. The van der Waals surface area contributed by atoms with Gasteiger partial charge in [0.15, 0.2) is 5.75 Å². The van der Waals surface area contributed by atoms with E-state index >= 15 is 0 Å². The third-order valence-electron chi connectivity index (χ3n) is 2.06. The van der Waals surface area contributed by atoms with Gasteiger partial charge in [-0.25, -0.2) is 18.6 Å². The maximum absolute atomic E-state index is 12.8. The van der Waals surface area contributed by atoms with E-state index in [1.54, 1.807) is 0 Å². The third-order valence-corrected chi connectivity index (χ3v) is 2.59. The number of pyridine rings is 1. The zero-order valence-corrected chi connectivity index (χ0v) is 11.4. The highest BCUT2D eigenvalue weighted by molar-refractivity contribution is 9.08. The van der Waals surface area contributed by atoms with Gasteiger partial charge in [0.25, 0.3) is 6.43 Å². The van der Waals surface area contributed by atoms with E-state index in [0.29, 0.717) is 6.07 Å². The molecule has 0 radical (unpaired) electrons. The van der Waals surface area contributed by atoms with E-state index in [0.717, 1.165) is 7.11 Å². The SMILES string of the molecule is COC(=O)c1cc(OC(F)(F)F)c(CBr)nc1C(F)F. The van der Waals surface area contributed by atoms with Gasteiger partial charge in [-0.1, -0.05) is 15.9 Å². The molecule has 0 amide bonds. The number of esters is 1. The highest BCUT2D eigenvalue weighted by atomic mass is 79.9. The smallest absolute Gasteiger partial charge is 0.465 e. The molecular weight excluding hydrogens is 357 g/mol. The quantitative estimate of drug-likeness (QED) is 0.466. The Kier molecular flexibility index (Phi) is 5.26. The predicted octanol–water partition coefficient (Wildman–Crippen LogP) is 3.60. The first-order valence-electron chi connectivity index (χ1n) is 4.91. The van der Waals surface area contributed by atoms with E-state index in [4.69, 9.17) is 0 Å². The number of carbonyl (C=O) groups excluding carboxylic acids is 1. The van der Waals surface area contributed by atoms with Crippen LogP contribution in [0, 0.1) is 0 Å². The molecule has 1 aromatic heterocycles. The van der Waals surface area contributed by atoms with Crippen molar-refractivity contribution in [3.63, 3.8) is 0 Å². The lowest BCUT2D eigenvalue weighted by Crippen LogP contribution is -2.20. The second-order valence-corrected chi connectivity index (χ2v) is 3.90. The van der Waals surface area contributed by atoms with Gasteiger partial charge in [-0.2, -0.15) is 0 Å². The van der Waals surface area contributed by atoms with E-state index < -0.39 is 41.5 Å². The lowest BCUT2D eigenvalue weighted by Gasteiger charge is -2.15. The molecule has 0 N–H and O–H groups in total. The maximum atomic E-state index is 12.8. The number of hydrogen-bond donors (Lipinski definition) is 0. The average molecular weight is 364 g/mol. The molecule has 4 nitrogen and oxygen atoms in total. The molecule has 0 aromatic carbocycles. The Morgan fingerprint density at radius 2 is 2.05 bits per heavy atom. The molecule has 0 spiro atoms. The fourth-order valence-electron chi connectivity index (χ4n) is 1.30. The van der Waals surface area contributed by atoms with Gasteiger partial charge in [-0.05, 0) is 6.07 Å². The predicted molar refractivity (Wildman–Crippen MR) is 59.8 cm³/mol. The van der Waals surface area contributed by atoms with Gasteiger partial charge < -0.3 is 9.47 Å². The number of aromatic nitrogens is 1. The fourth-order valence-corrected chi connectivity index (χ4v) is 1.70. The molecule has 1 aromatic rings. The molecule has 10 heteroatoms. The Labute approximate surface area is 118 Å². The van der Waals surface area contributed by atoms with E-state index in [2.05, 4.69) is 30.4 Å². The van der Waals surface area contributed by atoms with Crippen LogP contribution in [0.25, 0.3) is 0 Å². The van der Waals surface area contributed by atoms with Crippen molar-refractivity contribution >= 4 is 21.9 Å². The third kappa shape index (κ3) is 4.02. The monoisotopic (exact) mass is 363 g/mol. The van der Waals surface area contributed by atoms with Crippen molar-refractivity contribution in [1.82, 2.24) is 4.98 Å². The van der Waals surface area contributed by atoms with Crippen LogP contribution in [0.2, 0.25) is 0 Å². The van der Waals surface area contributed by atoms with Crippen LogP contribution < -0.4 is 4.74 Å². The molecule has 0 saturated carbocycles. The molecule has 1 heterocycles. The van der Waals surface area contributed by atoms with Crippen LogP contribution in [0.1, 0.15) is 28.2 Å². The summed E-state index contributed by atoms with van der Waals surface area (Å²) in [6.07, 6.45) is -8.19.